The molecule has 46 valence electrons. The van der Waals surface area contributed by atoms with Gasteiger partial charge in [0.25, 0.3) is 0 Å². The SMILES string of the molecule is C#CCC1CNC1.Cl. The van der Waals surface area contributed by atoms with Crippen molar-refractivity contribution in [3.8, 4) is 12.3 Å². The molecule has 0 spiro atoms. The molecular weight excluding hydrogens is 122 g/mol. The molecular formula is C6H10ClN. The summed E-state index contributed by atoms with van der Waals surface area (Å²) in [6.45, 7) is 2.26. The quantitative estimate of drug-likeness (QED) is 0.516. The largest absolute Gasteiger partial charge is 0.316 e. The molecule has 1 N–H and O–H groups in total. The highest BCUT2D eigenvalue weighted by Gasteiger charge is 2.13. The predicted octanol–water partition coefficient (Wildman–Crippen LogP) is 0.651. The van der Waals surface area contributed by atoms with Crippen LogP contribution in [-0.4, -0.2) is 13.1 Å². The van der Waals surface area contributed by atoms with Gasteiger partial charge in [-0.2, -0.15) is 0 Å². The summed E-state index contributed by atoms with van der Waals surface area (Å²) < 4.78 is 0. The van der Waals surface area contributed by atoms with Gasteiger partial charge in [0.15, 0.2) is 0 Å². The lowest BCUT2D eigenvalue weighted by molar-refractivity contribution is 0.356. The van der Waals surface area contributed by atoms with Gasteiger partial charge >= 0.3 is 0 Å². The standard InChI is InChI=1S/C6H9N.ClH/c1-2-3-6-4-7-5-6;/h1,6-7H,3-5H2;1H. The van der Waals surface area contributed by atoms with Crippen molar-refractivity contribution in [1.29, 1.82) is 0 Å². The number of halogens is 1. The second-order valence-corrected chi connectivity index (χ2v) is 1.93. The van der Waals surface area contributed by atoms with Gasteiger partial charge in [0.05, 0.1) is 0 Å². The zero-order chi connectivity index (χ0) is 5.11. The van der Waals surface area contributed by atoms with E-state index in [1.165, 1.54) is 0 Å². The third-order valence-corrected chi connectivity index (χ3v) is 1.27. The fourth-order valence-corrected chi connectivity index (χ4v) is 0.659. The molecule has 8 heavy (non-hydrogen) atoms. The normalized spacial score (nSPS) is 17.9. The van der Waals surface area contributed by atoms with E-state index in [9.17, 15) is 0 Å². The lowest BCUT2D eigenvalue weighted by Crippen LogP contribution is -2.41. The van der Waals surface area contributed by atoms with Crippen LogP contribution in [0.5, 0.6) is 0 Å². The molecule has 1 aliphatic rings. The van der Waals surface area contributed by atoms with Crippen LogP contribution in [0.3, 0.4) is 0 Å². The molecule has 0 aromatic heterocycles. The van der Waals surface area contributed by atoms with Gasteiger partial charge in [-0.3, -0.25) is 0 Å². The average Bonchev–Trinajstić information content (AvgIpc) is 1.55. The molecule has 0 atom stereocenters. The summed E-state index contributed by atoms with van der Waals surface area (Å²) in [7, 11) is 0. The van der Waals surface area contributed by atoms with Gasteiger partial charge in [-0.25, -0.2) is 0 Å². The van der Waals surface area contributed by atoms with Crippen LogP contribution in [-0.2, 0) is 0 Å². The Kier molecular flexibility index (Phi) is 3.68. The Morgan fingerprint density at radius 1 is 1.62 bits per heavy atom. The highest BCUT2D eigenvalue weighted by Crippen LogP contribution is 2.05. The van der Waals surface area contributed by atoms with Gasteiger partial charge in [-0.15, -0.1) is 24.8 Å². The van der Waals surface area contributed by atoms with Crippen LogP contribution in [0.4, 0.5) is 0 Å². The Bertz CT molecular complexity index is 91.2. The van der Waals surface area contributed by atoms with Crippen LogP contribution in [0.1, 0.15) is 6.42 Å². The summed E-state index contributed by atoms with van der Waals surface area (Å²) in [6.07, 6.45) is 6.01. The van der Waals surface area contributed by atoms with Crippen molar-refractivity contribution in [2.45, 2.75) is 6.42 Å². The summed E-state index contributed by atoms with van der Waals surface area (Å²) in [5.74, 6) is 3.41. The molecule has 1 rings (SSSR count). The first-order chi connectivity index (χ1) is 3.43. The molecule has 0 aromatic rings. The fourth-order valence-electron chi connectivity index (χ4n) is 0.659. The monoisotopic (exact) mass is 131 g/mol. The third-order valence-electron chi connectivity index (χ3n) is 1.27. The van der Waals surface area contributed by atoms with E-state index in [1.54, 1.807) is 0 Å². The molecule has 0 unspecified atom stereocenters. The maximum Gasteiger partial charge on any atom is 0.0139 e. The first kappa shape index (κ1) is 7.81. The first-order valence-electron chi connectivity index (χ1n) is 2.57. The molecule has 1 saturated heterocycles. The van der Waals surface area contributed by atoms with E-state index >= 15 is 0 Å². The number of hydrogen-bond acceptors (Lipinski definition) is 1. The van der Waals surface area contributed by atoms with Crippen molar-refractivity contribution < 1.29 is 0 Å². The fraction of sp³-hybridized carbons (Fsp3) is 0.667. The summed E-state index contributed by atoms with van der Waals surface area (Å²) >= 11 is 0. The maximum absolute atomic E-state index is 5.06. The van der Waals surface area contributed by atoms with Crippen molar-refractivity contribution in [3.05, 3.63) is 0 Å². The van der Waals surface area contributed by atoms with Gasteiger partial charge in [0, 0.05) is 19.5 Å². The maximum atomic E-state index is 5.06. The van der Waals surface area contributed by atoms with Crippen LogP contribution in [0.2, 0.25) is 0 Å². The minimum Gasteiger partial charge on any atom is -0.316 e. The van der Waals surface area contributed by atoms with Crippen LogP contribution in [0.25, 0.3) is 0 Å². The van der Waals surface area contributed by atoms with Gasteiger partial charge < -0.3 is 5.32 Å². The number of rotatable bonds is 1. The van der Waals surface area contributed by atoms with E-state index in [0.29, 0.717) is 0 Å². The van der Waals surface area contributed by atoms with Gasteiger partial charge in [-0.05, 0) is 5.92 Å². The molecule has 0 aromatic carbocycles. The van der Waals surface area contributed by atoms with Gasteiger partial charge in [0.2, 0.25) is 0 Å². The number of hydrogen-bond donors (Lipinski definition) is 1. The Hall–Kier alpha value is -0.190. The second kappa shape index (κ2) is 3.77. The highest BCUT2D eigenvalue weighted by molar-refractivity contribution is 5.85. The van der Waals surface area contributed by atoms with E-state index in [2.05, 4.69) is 11.2 Å². The Balaban J connectivity index is 0.000000490. The van der Waals surface area contributed by atoms with E-state index in [1.807, 2.05) is 0 Å². The predicted molar refractivity (Wildman–Crippen MR) is 37.1 cm³/mol. The van der Waals surface area contributed by atoms with E-state index in [0.717, 1.165) is 25.4 Å². The molecule has 0 amide bonds. The Morgan fingerprint density at radius 2 is 2.25 bits per heavy atom. The summed E-state index contributed by atoms with van der Waals surface area (Å²) in [5, 5.41) is 3.15. The third kappa shape index (κ3) is 1.73. The van der Waals surface area contributed by atoms with Crippen molar-refractivity contribution in [1.82, 2.24) is 5.32 Å². The highest BCUT2D eigenvalue weighted by atomic mass is 35.5. The van der Waals surface area contributed by atoms with Crippen LogP contribution >= 0.6 is 12.4 Å². The van der Waals surface area contributed by atoms with Crippen molar-refractivity contribution in [2.24, 2.45) is 5.92 Å². The average molecular weight is 132 g/mol. The van der Waals surface area contributed by atoms with Crippen LogP contribution < -0.4 is 5.32 Å². The zero-order valence-electron chi connectivity index (χ0n) is 4.68. The van der Waals surface area contributed by atoms with Crippen LogP contribution in [0, 0.1) is 18.3 Å². The molecule has 1 aliphatic heterocycles. The molecule has 1 fully saturated rings. The zero-order valence-corrected chi connectivity index (χ0v) is 5.50. The van der Waals surface area contributed by atoms with Crippen molar-refractivity contribution >= 4 is 12.4 Å². The Morgan fingerprint density at radius 3 is 2.38 bits per heavy atom. The second-order valence-electron chi connectivity index (χ2n) is 1.93. The van der Waals surface area contributed by atoms with Gasteiger partial charge in [-0.1, -0.05) is 0 Å². The lowest BCUT2D eigenvalue weighted by atomic mass is 10.0. The topological polar surface area (TPSA) is 12.0 Å². The molecule has 0 aliphatic carbocycles. The summed E-state index contributed by atoms with van der Waals surface area (Å²) in [4.78, 5) is 0. The van der Waals surface area contributed by atoms with E-state index in [-0.39, 0.29) is 12.4 Å². The minimum absolute atomic E-state index is 0. The first-order valence-corrected chi connectivity index (χ1v) is 2.57. The summed E-state index contributed by atoms with van der Waals surface area (Å²) in [6, 6.07) is 0. The number of nitrogens with one attached hydrogen (secondary N) is 1. The number of terminal acetylenes is 1. The smallest absolute Gasteiger partial charge is 0.0139 e. The van der Waals surface area contributed by atoms with Crippen molar-refractivity contribution in [2.75, 3.05) is 13.1 Å². The molecule has 0 saturated carbocycles. The molecule has 0 bridgehead atoms. The van der Waals surface area contributed by atoms with E-state index in [4.69, 9.17) is 6.42 Å². The van der Waals surface area contributed by atoms with E-state index < -0.39 is 0 Å². The van der Waals surface area contributed by atoms with Crippen molar-refractivity contribution in [3.63, 3.8) is 0 Å². The molecule has 1 nitrogen and oxygen atoms in total. The van der Waals surface area contributed by atoms with Gasteiger partial charge in [0.1, 0.15) is 0 Å². The molecule has 1 heterocycles. The minimum atomic E-state index is 0. The molecule has 0 radical (unpaired) electrons. The summed E-state index contributed by atoms with van der Waals surface area (Å²) in [5.41, 5.74) is 0. The molecule has 2 heteroatoms. The Labute approximate surface area is 56.3 Å². The lowest BCUT2D eigenvalue weighted by Gasteiger charge is -2.24. The van der Waals surface area contributed by atoms with Crippen LogP contribution in [0.15, 0.2) is 0 Å².